The SMILES string of the molecule is Cc1c(C(NN)c2c(Br)cnn2CCN(C)C)cnn1C. The Morgan fingerprint density at radius 2 is 2.10 bits per heavy atom. The van der Waals surface area contributed by atoms with E-state index in [1.807, 2.05) is 43.6 Å². The lowest BCUT2D eigenvalue weighted by molar-refractivity contribution is 0.365. The summed E-state index contributed by atoms with van der Waals surface area (Å²) in [5, 5.41) is 8.74. The molecule has 0 spiro atoms. The highest BCUT2D eigenvalue weighted by atomic mass is 79.9. The van der Waals surface area contributed by atoms with Gasteiger partial charge in [-0.25, -0.2) is 5.43 Å². The Kier molecular flexibility index (Phi) is 5.15. The van der Waals surface area contributed by atoms with Gasteiger partial charge in [-0.2, -0.15) is 10.2 Å². The Hall–Kier alpha value is -1.22. The summed E-state index contributed by atoms with van der Waals surface area (Å²) in [5.74, 6) is 5.81. The van der Waals surface area contributed by atoms with E-state index in [9.17, 15) is 0 Å². The van der Waals surface area contributed by atoms with E-state index >= 15 is 0 Å². The Labute approximate surface area is 133 Å². The molecule has 0 aliphatic carbocycles. The van der Waals surface area contributed by atoms with Crippen LogP contribution in [0.1, 0.15) is 23.0 Å². The maximum atomic E-state index is 5.81. The number of rotatable bonds is 6. The summed E-state index contributed by atoms with van der Waals surface area (Å²) in [7, 11) is 6.01. The highest BCUT2D eigenvalue weighted by Crippen LogP contribution is 2.29. The molecule has 116 valence electrons. The number of nitrogens with zero attached hydrogens (tertiary/aromatic N) is 5. The van der Waals surface area contributed by atoms with Gasteiger partial charge in [0.05, 0.1) is 35.1 Å². The van der Waals surface area contributed by atoms with Crippen LogP contribution in [0.2, 0.25) is 0 Å². The molecule has 0 aliphatic heterocycles. The summed E-state index contributed by atoms with van der Waals surface area (Å²) in [5.41, 5.74) is 6.02. The highest BCUT2D eigenvalue weighted by Gasteiger charge is 2.24. The lowest BCUT2D eigenvalue weighted by Crippen LogP contribution is -2.32. The molecule has 0 fully saturated rings. The first-order valence-corrected chi connectivity index (χ1v) is 7.55. The molecule has 2 aromatic rings. The van der Waals surface area contributed by atoms with Gasteiger partial charge in [0, 0.05) is 24.8 Å². The molecule has 2 heterocycles. The first-order valence-electron chi connectivity index (χ1n) is 6.76. The normalized spacial score (nSPS) is 13.1. The fourth-order valence-corrected chi connectivity index (χ4v) is 2.77. The number of aryl methyl sites for hydroxylation is 1. The molecular weight excluding hydrogens is 334 g/mol. The lowest BCUT2D eigenvalue weighted by atomic mass is 10.1. The van der Waals surface area contributed by atoms with E-state index < -0.39 is 0 Å². The van der Waals surface area contributed by atoms with Gasteiger partial charge in [0.2, 0.25) is 0 Å². The fraction of sp³-hybridized carbons (Fsp3) is 0.538. The molecule has 0 aliphatic rings. The Morgan fingerprint density at radius 3 is 2.62 bits per heavy atom. The quantitative estimate of drug-likeness (QED) is 0.592. The maximum Gasteiger partial charge on any atom is 0.0922 e. The van der Waals surface area contributed by atoms with Crippen LogP contribution in [0.25, 0.3) is 0 Å². The molecule has 21 heavy (non-hydrogen) atoms. The molecule has 0 aromatic carbocycles. The lowest BCUT2D eigenvalue weighted by Gasteiger charge is -2.19. The highest BCUT2D eigenvalue weighted by molar-refractivity contribution is 9.10. The van der Waals surface area contributed by atoms with Crippen molar-refractivity contribution in [1.82, 2.24) is 29.9 Å². The van der Waals surface area contributed by atoms with Gasteiger partial charge in [0.1, 0.15) is 0 Å². The van der Waals surface area contributed by atoms with Crippen LogP contribution in [-0.2, 0) is 13.6 Å². The van der Waals surface area contributed by atoms with E-state index in [0.717, 1.165) is 34.5 Å². The van der Waals surface area contributed by atoms with Crippen LogP contribution in [-0.4, -0.2) is 45.1 Å². The largest absolute Gasteiger partial charge is 0.308 e. The van der Waals surface area contributed by atoms with Crippen LogP contribution < -0.4 is 11.3 Å². The summed E-state index contributed by atoms with van der Waals surface area (Å²) >= 11 is 3.57. The summed E-state index contributed by atoms with van der Waals surface area (Å²) in [6, 6.07) is -0.155. The first-order chi connectivity index (χ1) is 9.95. The van der Waals surface area contributed by atoms with Gasteiger partial charge < -0.3 is 4.90 Å². The topological polar surface area (TPSA) is 76.9 Å². The minimum absolute atomic E-state index is 0.155. The number of hydrazine groups is 1. The van der Waals surface area contributed by atoms with E-state index in [-0.39, 0.29) is 6.04 Å². The number of likely N-dealkylation sites (N-methyl/N-ethyl adjacent to an activating group) is 1. The molecule has 0 radical (unpaired) electrons. The van der Waals surface area contributed by atoms with Crippen molar-refractivity contribution in [1.29, 1.82) is 0 Å². The van der Waals surface area contributed by atoms with Crippen LogP contribution in [0, 0.1) is 6.92 Å². The minimum Gasteiger partial charge on any atom is -0.308 e. The molecule has 0 saturated heterocycles. The average Bonchev–Trinajstić information content (AvgIpc) is 2.96. The fourth-order valence-electron chi connectivity index (χ4n) is 2.25. The second-order valence-corrected chi connectivity index (χ2v) is 6.17. The second-order valence-electron chi connectivity index (χ2n) is 5.31. The summed E-state index contributed by atoms with van der Waals surface area (Å²) in [4.78, 5) is 2.12. The third-order valence-corrected chi connectivity index (χ3v) is 4.23. The zero-order valence-corrected chi connectivity index (χ0v) is 14.4. The number of nitrogens with two attached hydrogens (primary N) is 1. The number of hydrogen-bond donors (Lipinski definition) is 2. The summed E-state index contributed by atoms with van der Waals surface area (Å²) < 4.78 is 4.75. The Balaban J connectivity index is 2.38. The van der Waals surface area contributed by atoms with Crippen molar-refractivity contribution in [3.8, 4) is 0 Å². The van der Waals surface area contributed by atoms with E-state index in [4.69, 9.17) is 5.84 Å². The minimum atomic E-state index is -0.155. The molecule has 1 unspecified atom stereocenters. The number of halogens is 1. The third-order valence-electron chi connectivity index (χ3n) is 3.62. The van der Waals surface area contributed by atoms with E-state index in [1.165, 1.54) is 0 Å². The molecule has 0 saturated carbocycles. The number of hydrogen-bond acceptors (Lipinski definition) is 5. The molecule has 0 bridgehead atoms. The van der Waals surface area contributed by atoms with Crippen LogP contribution in [0.15, 0.2) is 16.9 Å². The van der Waals surface area contributed by atoms with Crippen molar-refractivity contribution in [3.63, 3.8) is 0 Å². The van der Waals surface area contributed by atoms with Crippen LogP contribution in [0.5, 0.6) is 0 Å². The second kappa shape index (κ2) is 6.69. The molecular formula is C13H22BrN7. The van der Waals surface area contributed by atoms with Crippen LogP contribution in [0.4, 0.5) is 0 Å². The van der Waals surface area contributed by atoms with Crippen molar-refractivity contribution in [2.24, 2.45) is 12.9 Å². The van der Waals surface area contributed by atoms with Crippen molar-refractivity contribution < 1.29 is 0 Å². The smallest absolute Gasteiger partial charge is 0.0922 e. The number of nitrogens with one attached hydrogen (secondary N) is 1. The van der Waals surface area contributed by atoms with E-state index in [1.54, 1.807) is 6.20 Å². The molecule has 8 heteroatoms. The van der Waals surface area contributed by atoms with Gasteiger partial charge >= 0.3 is 0 Å². The van der Waals surface area contributed by atoms with Gasteiger partial charge in [-0.1, -0.05) is 0 Å². The maximum absolute atomic E-state index is 5.81. The van der Waals surface area contributed by atoms with Gasteiger partial charge in [-0.15, -0.1) is 0 Å². The number of aromatic nitrogens is 4. The summed E-state index contributed by atoms with van der Waals surface area (Å²) in [6.07, 6.45) is 3.65. The standard InChI is InChI=1S/C13H22BrN7/c1-9-10(7-16-20(9)4)12(18-15)13-11(14)8-17-21(13)6-5-19(2)3/h7-8,12,18H,5-6,15H2,1-4H3. The predicted molar refractivity (Wildman–Crippen MR) is 85.6 cm³/mol. The molecule has 2 aromatic heterocycles. The van der Waals surface area contributed by atoms with Gasteiger partial charge in [0.25, 0.3) is 0 Å². The van der Waals surface area contributed by atoms with Crippen molar-refractivity contribution in [2.45, 2.75) is 19.5 Å². The molecule has 3 N–H and O–H groups in total. The third kappa shape index (κ3) is 3.34. The average molecular weight is 356 g/mol. The molecule has 2 rings (SSSR count). The van der Waals surface area contributed by atoms with Crippen molar-refractivity contribution in [2.75, 3.05) is 20.6 Å². The molecule has 7 nitrogen and oxygen atoms in total. The molecule has 1 atom stereocenters. The van der Waals surface area contributed by atoms with E-state index in [2.05, 4.69) is 36.5 Å². The van der Waals surface area contributed by atoms with Crippen molar-refractivity contribution in [3.05, 3.63) is 33.8 Å². The van der Waals surface area contributed by atoms with E-state index in [0.29, 0.717) is 0 Å². The Bertz CT molecular complexity index is 602. The van der Waals surface area contributed by atoms with Crippen LogP contribution in [0.3, 0.4) is 0 Å². The molecule has 0 amide bonds. The van der Waals surface area contributed by atoms with Crippen molar-refractivity contribution >= 4 is 15.9 Å². The van der Waals surface area contributed by atoms with Crippen LogP contribution >= 0.6 is 15.9 Å². The van der Waals surface area contributed by atoms with Gasteiger partial charge in [-0.05, 0) is 36.9 Å². The van der Waals surface area contributed by atoms with Gasteiger partial charge in [-0.3, -0.25) is 15.2 Å². The zero-order valence-electron chi connectivity index (χ0n) is 12.8. The predicted octanol–water partition coefficient (Wildman–Crippen LogP) is 0.802. The van der Waals surface area contributed by atoms with Gasteiger partial charge in [0.15, 0.2) is 0 Å². The zero-order chi connectivity index (χ0) is 15.6. The summed E-state index contributed by atoms with van der Waals surface area (Å²) in [6.45, 7) is 3.73. The first kappa shape index (κ1) is 16.2. The Morgan fingerprint density at radius 1 is 1.38 bits per heavy atom. The monoisotopic (exact) mass is 355 g/mol.